The van der Waals surface area contributed by atoms with Gasteiger partial charge < -0.3 is 4.74 Å². The zero-order valence-electron chi connectivity index (χ0n) is 16.6. The third-order valence-electron chi connectivity index (χ3n) is 3.96. The van der Waals surface area contributed by atoms with Gasteiger partial charge in [-0.05, 0) is 47.9 Å². The quantitative estimate of drug-likeness (QED) is 0.606. The number of rotatable bonds is 6. The average Bonchev–Trinajstić information content (AvgIpc) is 2.59. The molecule has 1 aromatic heterocycles. The molecule has 2 rings (SSSR count). The van der Waals surface area contributed by atoms with E-state index < -0.39 is 0 Å². The normalized spacial score (nSPS) is 12.0. The van der Waals surface area contributed by atoms with Crippen LogP contribution in [0.4, 0.5) is 0 Å². The lowest BCUT2D eigenvalue weighted by molar-refractivity contribution is -0.145. The van der Waals surface area contributed by atoms with Gasteiger partial charge in [-0.25, -0.2) is 0 Å². The topological polar surface area (TPSA) is 39.2 Å². The van der Waals surface area contributed by atoms with Crippen molar-refractivity contribution >= 4 is 16.9 Å². The summed E-state index contributed by atoms with van der Waals surface area (Å²) in [6, 6.07) is 10.6. The van der Waals surface area contributed by atoms with Gasteiger partial charge in [-0.2, -0.15) is 0 Å². The number of carbonyl (C=O) groups is 1. The first-order valence-corrected chi connectivity index (χ1v) is 9.33. The number of hydrogen-bond donors (Lipinski definition) is 0. The predicted molar refractivity (Wildman–Crippen MR) is 106 cm³/mol. The molecule has 1 aromatic carbocycles. The average molecular weight is 344 g/mol. The highest BCUT2D eigenvalue weighted by molar-refractivity contribution is 5.79. The molecule has 0 saturated heterocycles. The number of pyridine rings is 1. The Morgan fingerprint density at radius 1 is 1.08 bits per heavy atom. The van der Waals surface area contributed by atoms with Crippen molar-refractivity contribution in [1.29, 1.82) is 0 Å². The van der Waals surface area contributed by atoms with E-state index in [9.17, 15) is 4.79 Å². The fraction of sp³-hybridized carbons (Fsp3) is 0.545. The second-order valence-corrected chi connectivity index (χ2v) is 7.44. The van der Waals surface area contributed by atoms with Crippen molar-refractivity contribution in [3.63, 3.8) is 0 Å². The van der Waals surface area contributed by atoms with Gasteiger partial charge in [-0.1, -0.05) is 53.7 Å². The van der Waals surface area contributed by atoms with Crippen molar-refractivity contribution in [3.8, 4) is 0 Å². The van der Waals surface area contributed by atoms with Crippen LogP contribution in [0.25, 0.3) is 10.9 Å². The first kappa shape index (κ1) is 21.1. The molecule has 1 unspecified atom stereocenters. The molecule has 138 valence electrons. The van der Waals surface area contributed by atoms with Crippen molar-refractivity contribution in [2.75, 3.05) is 6.61 Å². The summed E-state index contributed by atoms with van der Waals surface area (Å²) in [4.78, 5) is 15.2. The summed E-state index contributed by atoms with van der Waals surface area (Å²) in [5.41, 5.74) is 2.49. The molecule has 0 aliphatic rings. The highest BCUT2D eigenvalue weighted by Gasteiger charge is 2.06. The highest BCUT2D eigenvalue weighted by atomic mass is 16.5. The van der Waals surface area contributed by atoms with E-state index in [1.165, 1.54) is 17.4 Å². The number of aromatic nitrogens is 1. The van der Waals surface area contributed by atoms with E-state index in [0.717, 1.165) is 5.52 Å². The smallest absolute Gasteiger partial charge is 0.306 e. The molecule has 25 heavy (non-hydrogen) atoms. The molecule has 1 heterocycles. The molecule has 0 N–H and O–H groups in total. The van der Waals surface area contributed by atoms with E-state index in [0.29, 0.717) is 30.8 Å². The number of ether oxygens (including phenoxy) is 1. The zero-order valence-corrected chi connectivity index (χ0v) is 16.6. The molecule has 3 heteroatoms. The first-order valence-electron chi connectivity index (χ1n) is 9.33. The maximum absolute atomic E-state index is 10.9. The molecule has 0 saturated carbocycles. The van der Waals surface area contributed by atoms with Crippen LogP contribution in [0.5, 0.6) is 0 Å². The Kier molecular flexibility index (Phi) is 9.18. The molecule has 2 aromatic rings. The van der Waals surface area contributed by atoms with E-state index in [-0.39, 0.29) is 5.97 Å². The summed E-state index contributed by atoms with van der Waals surface area (Å²) in [6.07, 6.45) is 3.56. The van der Waals surface area contributed by atoms with Gasteiger partial charge in [-0.3, -0.25) is 9.78 Å². The van der Waals surface area contributed by atoms with Crippen molar-refractivity contribution in [2.45, 2.75) is 60.3 Å². The lowest BCUT2D eigenvalue weighted by Crippen LogP contribution is -2.11. The van der Waals surface area contributed by atoms with Gasteiger partial charge in [0.25, 0.3) is 0 Å². The fourth-order valence-electron chi connectivity index (χ4n) is 2.29. The SMILES string of the molecule is CC(C)COC(=O)CC(C)C.CCC(C)c1ccc2ncccc2c1. The fourth-order valence-corrected chi connectivity index (χ4v) is 2.29. The van der Waals surface area contributed by atoms with Crippen LogP contribution >= 0.6 is 0 Å². The number of carbonyl (C=O) groups excluding carboxylic acids is 1. The highest BCUT2D eigenvalue weighted by Crippen LogP contribution is 2.22. The lowest BCUT2D eigenvalue weighted by Gasteiger charge is -2.09. The van der Waals surface area contributed by atoms with Gasteiger partial charge in [0.2, 0.25) is 0 Å². The number of nitrogens with zero attached hydrogens (tertiary/aromatic N) is 1. The molecule has 0 spiro atoms. The van der Waals surface area contributed by atoms with Gasteiger partial charge in [0.15, 0.2) is 0 Å². The van der Waals surface area contributed by atoms with Crippen LogP contribution in [-0.4, -0.2) is 17.6 Å². The van der Waals surface area contributed by atoms with Crippen molar-refractivity contribution < 1.29 is 9.53 Å². The van der Waals surface area contributed by atoms with Crippen LogP contribution in [0.15, 0.2) is 36.5 Å². The van der Waals surface area contributed by atoms with Crippen LogP contribution in [0.2, 0.25) is 0 Å². The minimum Gasteiger partial charge on any atom is -0.465 e. The third kappa shape index (κ3) is 8.15. The van der Waals surface area contributed by atoms with Gasteiger partial charge in [-0.15, -0.1) is 0 Å². The molecule has 0 radical (unpaired) electrons. The van der Waals surface area contributed by atoms with Crippen molar-refractivity contribution in [1.82, 2.24) is 4.98 Å². The third-order valence-corrected chi connectivity index (χ3v) is 3.96. The Morgan fingerprint density at radius 2 is 1.80 bits per heavy atom. The van der Waals surface area contributed by atoms with Crippen LogP contribution in [0.3, 0.4) is 0 Å². The Bertz CT molecular complexity index is 649. The molecule has 0 aliphatic carbocycles. The first-order chi connectivity index (χ1) is 11.8. The molecular weight excluding hydrogens is 310 g/mol. The molecule has 0 fully saturated rings. The lowest BCUT2D eigenvalue weighted by atomic mass is 9.97. The van der Waals surface area contributed by atoms with Gasteiger partial charge in [0.05, 0.1) is 12.1 Å². The molecule has 1 atom stereocenters. The number of fused-ring (bicyclic) bond motifs is 1. The second-order valence-electron chi connectivity index (χ2n) is 7.44. The Balaban J connectivity index is 0.000000260. The maximum Gasteiger partial charge on any atom is 0.306 e. The Morgan fingerprint density at radius 3 is 2.40 bits per heavy atom. The van der Waals surface area contributed by atoms with Gasteiger partial charge >= 0.3 is 5.97 Å². The van der Waals surface area contributed by atoms with Crippen LogP contribution in [0.1, 0.15) is 65.9 Å². The van der Waals surface area contributed by atoms with E-state index >= 15 is 0 Å². The molecule has 0 amide bonds. The Hall–Kier alpha value is -1.90. The van der Waals surface area contributed by atoms with Crippen LogP contribution in [0, 0.1) is 11.8 Å². The van der Waals surface area contributed by atoms with E-state index in [1.807, 2.05) is 40.0 Å². The standard InChI is InChI=1S/C13H15N.C9H18O2/c1-3-10(2)11-6-7-13-12(9-11)5-4-8-14-13;1-7(2)5-9(10)11-6-8(3)4/h4-10H,3H2,1-2H3;7-8H,5-6H2,1-4H3. The molecule has 0 aliphatic heterocycles. The van der Waals surface area contributed by atoms with E-state index in [4.69, 9.17) is 4.74 Å². The van der Waals surface area contributed by atoms with Crippen molar-refractivity contribution in [3.05, 3.63) is 42.1 Å². The monoisotopic (exact) mass is 343 g/mol. The summed E-state index contributed by atoms with van der Waals surface area (Å²) < 4.78 is 4.98. The summed E-state index contributed by atoms with van der Waals surface area (Å²) in [5.74, 6) is 1.40. The number of esters is 1. The predicted octanol–water partition coefficient (Wildman–Crippen LogP) is 5.98. The van der Waals surface area contributed by atoms with E-state index in [2.05, 4.69) is 43.1 Å². The minimum absolute atomic E-state index is 0.0753. The number of benzene rings is 1. The van der Waals surface area contributed by atoms with Crippen LogP contribution < -0.4 is 0 Å². The molecular formula is C22H33NO2. The zero-order chi connectivity index (χ0) is 18.8. The van der Waals surface area contributed by atoms with E-state index in [1.54, 1.807) is 0 Å². The van der Waals surface area contributed by atoms with Crippen molar-refractivity contribution in [2.24, 2.45) is 11.8 Å². The Labute approximate surface area is 152 Å². The van der Waals surface area contributed by atoms with Gasteiger partial charge in [0, 0.05) is 18.0 Å². The summed E-state index contributed by atoms with van der Waals surface area (Å²) >= 11 is 0. The molecule has 3 nitrogen and oxygen atoms in total. The second kappa shape index (κ2) is 10.9. The minimum atomic E-state index is -0.0753. The van der Waals surface area contributed by atoms with Gasteiger partial charge in [0.1, 0.15) is 0 Å². The summed E-state index contributed by atoms with van der Waals surface area (Å²) in [7, 11) is 0. The van der Waals surface area contributed by atoms with Crippen LogP contribution in [-0.2, 0) is 9.53 Å². The summed E-state index contributed by atoms with van der Waals surface area (Å²) in [5, 5.41) is 1.24. The summed E-state index contributed by atoms with van der Waals surface area (Å²) in [6.45, 7) is 13.1. The largest absolute Gasteiger partial charge is 0.465 e. The molecule has 0 bridgehead atoms. The number of hydrogen-bond acceptors (Lipinski definition) is 3. The maximum atomic E-state index is 10.9.